The van der Waals surface area contributed by atoms with E-state index in [1.807, 2.05) is 0 Å². The summed E-state index contributed by atoms with van der Waals surface area (Å²) in [5.74, 6) is 1.32. The minimum Gasteiger partial charge on any atom is -0.481 e. The van der Waals surface area contributed by atoms with E-state index in [0.29, 0.717) is 29.8 Å². The highest BCUT2D eigenvalue weighted by Crippen LogP contribution is 2.24. The van der Waals surface area contributed by atoms with Gasteiger partial charge in [-0.3, -0.25) is 4.79 Å². The molecule has 166 valence electrons. The number of anilines is 1. The number of aromatic nitrogens is 4. The number of halogens is 1. The number of thioether (sulfide) groups is 1. The van der Waals surface area contributed by atoms with E-state index in [1.54, 1.807) is 34.8 Å². The van der Waals surface area contributed by atoms with Crippen molar-refractivity contribution in [3.63, 3.8) is 0 Å². The van der Waals surface area contributed by atoms with Gasteiger partial charge in [0.2, 0.25) is 0 Å². The molecule has 2 heterocycles. The molecule has 0 aliphatic carbocycles. The van der Waals surface area contributed by atoms with Crippen LogP contribution in [0, 0.1) is 11.7 Å². The molecule has 0 aliphatic rings. The third kappa shape index (κ3) is 6.30. The van der Waals surface area contributed by atoms with Gasteiger partial charge >= 0.3 is 0 Å². The fourth-order valence-corrected chi connectivity index (χ4v) is 3.35. The van der Waals surface area contributed by atoms with Gasteiger partial charge in [0.05, 0.1) is 18.1 Å². The number of hydrogen-bond donors (Lipinski definition) is 2. The van der Waals surface area contributed by atoms with Crippen molar-refractivity contribution in [2.24, 2.45) is 5.92 Å². The molecular weight excluding hydrogens is 419 g/mol. The third-order valence-corrected chi connectivity index (χ3v) is 5.00. The zero-order valence-electron chi connectivity index (χ0n) is 17.9. The largest absolute Gasteiger partial charge is 0.481 e. The normalized spacial score (nSPS) is 11.1. The van der Waals surface area contributed by atoms with Gasteiger partial charge in [0.25, 0.3) is 5.91 Å². The first-order valence-corrected chi connectivity index (χ1v) is 11.2. The molecule has 0 bridgehead atoms. The summed E-state index contributed by atoms with van der Waals surface area (Å²) >= 11 is 1.56. The minimum atomic E-state index is -0.499. The predicted octanol–water partition coefficient (Wildman–Crippen LogP) is 3.34. The molecule has 2 aromatic heterocycles. The Balaban J connectivity index is 1.61. The Morgan fingerprint density at radius 2 is 2.10 bits per heavy atom. The van der Waals surface area contributed by atoms with Crippen LogP contribution in [0.15, 0.2) is 35.6 Å². The standard InChI is InChI=1S/C21H27FN6O2S/c1-4-31-21-26-19(24-11-14(2)3)15-12-25-28(20(15)27-21)10-9-23-18(29)13-30-17-8-6-5-7-16(17)22/h5-8,12,14H,4,9-11,13H2,1-3H3,(H,23,29)(H,24,26,27). The number of nitrogens with one attached hydrogen (secondary N) is 2. The fourth-order valence-electron chi connectivity index (χ4n) is 2.79. The van der Waals surface area contributed by atoms with Crippen molar-refractivity contribution in [3.05, 3.63) is 36.3 Å². The summed E-state index contributed by atoms with van der Waals surface area (Å²) in [7, 11) is 0. The second-order valence-corrected chi connectivity index (χ2v) is 8.47. The van der Waals surface area contributed by atoms with Gasteiger partial charge in [0.15, 0.2) is 29.0 Å². The Morgan fingerprint density at radius 3 is 2.84 bits per heavy atom. The Hall–Kier alpha value is -2.88. The number of para-hydroxylation sites is 1. The number of carbonyl (C=O) groups excluding carboxylic acids is 1. The van der Waals surface area contributed by atoms with Crippen molar-refractivity contribution < 1.29 is 13.9 Å². The highest BCUT2D eigenvalue weighted by molar-refractivity contribution is 7.99. The fraction of sp³-hybridized carbons (Fsp3) is 0.429. The molecule has 0 radical (unpaired) electrons. The molecule has 1 aromatic carbocycles. The first-order chi connectivity index (χ1) is 15.0. The van der Waals surface area contributed by atoms with Gasteiger partial charge in [-0.1, -0.05) is 44.7 Å². The van der Waals surface area contributed by atoms with Crippen molar-refractivity contribution in [1.82, 2.24) is 25.1 Å². The first-order valence-electron chi connectivity index (χ1n) is 10.2. The summed E-state index contributed by atoms with van der Waals surface area (Å²) in [6.45, 7) is 7.63. The lowest BCUT2D eigenvalue weighted by Gasteiger charge is -2.11. The molecule has 2 N–H and O–H groups in total. The summed E-state index contributed by atoms with van der Waals surface area (Å²) < 4.78 is 20.5. The molecular formula is C21H27FN6O2S. The molecule has 3 aromatic rings. The molecule has 1 amide bonds. The molecule has 31 heavy (non-hydrogen) atoms. The molecule has 8 nitrogen and oxygen atoms in total. The second kappa shape index (κ2) is 10.9. The number of amides is 1. The van der Waals surface area contributed by atoms with Crippen molar-refractivity contribution >= 4 is 34.5 Å². The van der Waals surface area contributed by atoms with Crippen LogP contribution in [0.25, 0.3) is 11.0 Å². The lowest BCUT2D eigenvalue weighted by molar-refractivity contribution is -0.123. The van der Waals surface area contributed by atoms with Gasteiger partial charge in [-0.15, -0.1) is 0 Å². The lowest BCUT2D eigenvalue weighted by atomic mass is 10.2. The Morgan fingerprint density at radius 1 is 1.29 bits per heavy atom. The number of carbonyl (C=O) groups is 1. The predicted molar refractivity (Wildman–Crippen MR) is 120 cm³/mol. The number of ether oxygens (including phenoxy) is 1. The van der Waals surface area contributed by atoms with Crippen LogP contribution < -0.4 is 15.4 Å². The number of hydrogen-bond acceptors (Lipinski definition) is 7. The lowest BCUT2D eigenvalue weighted by Crippen LogP contribution is -2.31. The quantitative estimate of drug-likeness (QED) is 0.345. The van der Waals surface area contributed by atoms with Crippen LogP contribution in [-0.4, -0.2) is 51.1 Å². The molecule has 3 rings (SSSR count). The molecule has 0 fully saturated rings. The second-order valence-electron chi connectivity index (χ2n) is 7.24. The van der Waals surface area contributed by atoms with Gasteiger partial charge < -0.3 is 15.4 Å². The van der Waals surface area contributed by atoms with Crippen molar-refractivity contribution in [1.29, 1.82) is 0 Å². The van der Waals surface area contributed by atoms with Gasteiger partial charge in [0.1, 0.15) is 5.82 Å². The summed E-state index contributed by atoms with van der Waals surface area (Å²) in [5.41, 5.74) is 0.717. The number of fused-ring (bicyclic) bond motifs is 1. The van der Waals surface area contributed by atoms with E-state index < -0.39 is 5.82 Å². The van der Waals surface area contributed by atoms with Crippen molar-refractivity contribution in [2.45, 2.75) is 32.5 Å². The first kappa shape index (κ1) is 22.8. The van der Waals surface area contributed by atoms with E-state index in [0.717, 1.165) is 23.5 Å². The number of rotatable bonds is 11. The maximum Gasteiger partial charge on any atom is 0.258 e. The molecule has 0 saturated carbocycles. The van der Waals surface area contributed by atoms with Crippen LogP contribution in [0.3, 0.4) is 0 Å². The Labute approximate surface area is 185 Å². The molecule has 0 unspecified atom stereocenters. The topological polar surface area (TPSA) is 94.0 Å². The van der Waals surface area contributed by atoms with Crippen LogP contribution in [0.4, 0.5) is 10.2 Å². The molecule has 0 atom stereocenters. The van der Waals surface area contributed by atoms with E-state index in [2.05, 4.69) is 46.5 Å². The van der Waals surface area contributed by atoms with Crippen LogP contribution in [0.1, 0.15) is 20.8 Å². The van der Waals surface area contributed by atoms with E-state index in [4.69, 9.17) is 4.74 Å². The minimum absolute atomic E-state index is 0.0507. The molecule has 0 spiro atoms. The maximum atomic E-state index is 13.6. The van der Waals surface area contributed by atoms with E-state index in [-0.39, 0.29) is 18.3 Å². The number of benzene rings is 1. The van der Waals surface area contributed by atoms with Gasteiger partial charge in [-0.25, -0.2) is 19.0 Å². The van der Waals surface area contributed by atoms with Crippen LogP contribution in [0.5, 0.6) is 5.75 Å². The van der Waals surface area contributed by atoms with Gasteiger partial charge in [-0.2, -0.15) is 5.10 Å². The molecule has 0 aliphatic heterocycles. The smallest absolute Gasteiger partial charge is 0.258 e. The molecule has 0 saturated heterocycles. The third-order valence-electron chi connectivity index (χ3n) is 4.27. The van der Waals surface area contributed by atoms with Gasteiger partial charge in [0, 0.05) is 13.1 Å². The summed E-state index contributed by atoms with van der Waals surface area (Å²) in [4.78, 5) is 21.3. The van der Waals surface area contributed by atoms with E-state index in [1.165, 1.54) is 12.1 Å². The van der Waals surface area contributed by atoms with Gasteiger partial charge in [-0.05, 0) is 23.8 Å². The SMILES string of the molecule is CCSc1nc(NCC(C)C)c2cnn(CCNC(=O)COc3ccccc3F)c2n1. The summed E-state index contributed by atoms with van der Waals surface area (Å²) in [6.07, 6.45) is 1.74. The van der Waals surface area contributed by atoms with Crippen molar-refractivity contribution in [3.8, 4) is 5.75 Å². The maximum absolute atomic E-state index is 13.6. The molecule has 10 heteroatoms. The average molecular weight is 447 g/mol. The Kier molecular flexibility index (Phi) is 8.05. The highest BCUT2D eigenvalue weighted by Gasteiger charge is 2.14. The summed E-state index contributed by atoms with van der Waals surface area (Å²) in [5, 5.41) is 12.1. The monoisotopic (exact) mass is 446 g/mol. The van der Waals surface area contributed by atoms with Crippen LogP contribution in [0.2, 0.25) is 0 Å². The summed E-state index contributed by atoms with van der Waals surface area (Å²) in [6, 6.07) is 5.98. The van der Waals surface area contributed by atoms with Crippen LogP contribution >= 0.6 is 11.8 Å². The van der Waals surface area contributed by atoms with Crippen LogP contribution in [-0.2, 0) is 11.3 Å². The zero-order chi connectivity index (χ0) is 22.2. The zero-order valence-corrected chi connectivity index (χ0v) is 18.7. The van der Waals surface area contributed by atoms with E-state index in [9.17, 15) is 9.18 Å². The average Bonchev–Trinajstić information content (AvgIpc) is 3.15. The highest BCUT2D eigenvalue weighted by atomic mass is 32.2. The Bertz CT molecular complexity index is 1030. The van der Waals surface area contributed by atoms with Crippen molar-refractivity contribution in [2.75, 3.05) is 30.8 Å². The van der Waals surface area contributed by atoms with E-state index >= 15 is 0 Å². The number of nitrogens with zero attached hydrogens (tertiary/aromatic N) is 4.